The van der Waals surface area contributed by atoms with E-state index in [0.717, 1.165) is 5.46 Å². The molecule has 0 atom stereocenters. The number of benzene rings is 1. The van der Waals surface area contributed by atoms with Crippen LogP contribution >= 0.6 is 0 Å². The standard InChI is InChI=1S/C6H6B/c7-6-4-2-1-3-5-6/h1-5,7H. The third kappa shape index (κ3) is 1.07. The maximum Gasteiger partial charge on any atom is 0.129 e. The molecule has 0 aliphatic rings. The van der Waals surface area contributed by atoms with Crippen molar-refractivity contribution in [3.8, 4) is 0 Å². The average molecular weight is 88.9 g/mol. The summed E-state index contributed by atoms with van der Waals surface area (Å²) in [6.45, 7) is 0. The summed E-state index contributed by atoms with van der Waals surface area (Å²) in [6.07, 6.45) is 0. The Morgan fingerprint density at radius 3 is 1.86 bits per heavy atom. The van der Waals surface area contributed by atoms with Crippen molar-refractivity contribution < 1.29 is 0 Å². The topological polar surface area (TPSA) is 0 Å². The Bertz CT molecular complexity index is 134. The van der Waals surface area contributed by atoms with E-state index < -0.39 is 0 Å². The first kappa shape index (κ1) is 4.44. The largest absolute Gasteiger partial charge is 0.129 e. The van der Waals surface area contributed by atoms with Gasteiger partial charge in [0.15, 0.2) is 0 Å². The van der Waals surface area contributed by atoms with Gasteiger partial charge in [-0.2, -0.15) is 0 Å². The van der Waals surface area contributed by atoms with Gasteiger partial charge in [0.2, 0.25) is 0 Å². The van der Waals surface area contributed by atoms with Crippen LogP contribution in [0.5, 0.6) is 0 Å². The maximum absolute atomic E-state index is 3.72. The van der Waals surface area contributed by atoms with Crippen LogP contribution in [0.2, 0.25) is 0 Å². The van der Waals surface area contributed by atoms with E-state index in [1.165, 1.54) is 0 Å². The van der Waals surface area contributed by atoms with Crippen LogP contribution in [-0.4, -0.2) is 7.85 Å². The second kappa shape index (κ2) is 1.83. The molecule has 0 bridgehead atoms. The zero-order valence-electron chi connectivity index (χ0n) is 4.09. The van der Waals surface area contributed by atoms with Gasteiger partial charge in [-0.1, -0.05) is 35.8 Å². The van der Waals surface area contributed by atoms with Crippen molar-refractivity contribution in [2.75, 3.05) is 0 Å². The molecule has 1 radical (unpaired) electrons. The summed E-state index contributed by atoms with van der Waals surface area (Å²) >= 11 is 0. The summed E-state index contributed by atoms with van der Waals surface area (Å²) in [5.74, 6) is 0. The Morgan fingerprint density at radius 2 is 1.57 bits per heavy atom. The Balaban J connectivity index is 3.02. The lowest BCUT2D eigenvalue weighted by Gasteiger charge is -1.82. The van der Waals surface area contributed by atoms with Gasteiger partial charge in [0, 0.05) is 0 Å². The number of hydrogen-bond donors (Lipinski definition) is 0. The number of rotatable bonds is 0. The van der Waals surface area contributed by atoms with E-state index in [9.17, 15) is 0 Å². The molecular formula is C6H6B. The van der Waals surface area contributed by atoms with Crippen LogP contribution in [0, 0.1) is 0 Å². The lowest BCUT2D eigenvalue weighted by atomic mass is 9.97. The molecule has 0 unspecified atom stereocenters. The molecule has 0 spiro atoms. The highest BCUT2D eigenvalue weighted by Crippen LogP contribution is 1.76. The van der Waals surface area contributed by atoms with Gasteiger partial charge >= 0.3 is 0 Å². The minimum absolute atomic E-state index is 1.07. The summed E-state index contributed by atoms with van der Waals surface area (Å²) in [5, 5.41) is 0. The molecule has 1 rings (SSSR count). The lowest BCUT2D eigenvalue weighted by Crippen LogP contribution is -1.97. The van der Waals surface area contributed by atoms with Crippen molar-refractivity contribution in [3.05, 3.63) is 30.3 Å². The van der Waals surface area contributed by atoms with Crippen LogP contribution in [0.4, 0.5) is 0 Å². The minimum atomic E-state index is 1.07. The van der Waals surface area contributed by atoms with Crippen molar-refractivity contribution in [2.24, 2.45) is 0 Å². The van der Waals surface area contributed by atoms with Crippen molar-refractivity contribution in [1.82, 2.24) is 0 Å². The quantitative estimate of drug-likeness (QED) is 0.398. The van der Waals surface area contributed by atoms with Crippen LogP contribution in [0.25, 0.3) is 0 Å². The van der Waals surface area contributed by atoms with Crippen molar-refractivity contribution >= 4 is 13.3 Å². The third-order valence-electron chi connectivity index (χ3n) is 0.843. The van der Waals surface area contributed by atoms with Crippen LogP contribution in [-0.2, 0) is 0 Å². The highest BCUT2D eigenvalue weighted by atomic mass is 13.7. The maximum atomic E-state index is 3.72. The van der Waals surface area contributed by atoms with Gasteiger partial charge in [-0.3, -0.25) is 0 Å². The molecule has 1 heteroatoms. The molecule has 0 fully saturated rings. The molecular weight excluding hydrogens is 82.9 g/mol. The summed E-state index contributed by atoms with van der Waals surface area (Å²) in [5.41, 5.74) is 1.07. The molecule has 0 nitrogen and oxygen atoms in total. The summed E-state index contributed by atoms with van der Waals surface area (Å²) < 4.78 is 0. The molecule has 0 saturated heterocycles. The fourth-order valence-corrected chi connectivity index (χ4v) is 0.478. The fourth-order valence-electron chi connectivity index (χ4n) is 0.478. The van der Waals surface area contributed by atoms with E-state index >= 15 is 0 Å². The second-order valence-corrected chi connectivity index (χ2v) is 1.49. The summed E-state index contributed by atoms with van der Waals surface area (Å²) in [7, 11) is 3.72. The molecule has 0 aromatic heterocycles. The predicted octanol–water partition coefficient (Wildman–Crippen LogP) is 0.213. The highest BCUT2D eigenvalue weighted by molar-refractivity contribution is 6.32. The fraction of sp³-hybridized carbons (Fsp3) is 0. The first-order valence-electron chi connectivity index (χ1n) is 2.26. The summed E-state index contributed by atoms with van der Waals surface area (Å²) in [6, 6.07) is 9.87. The minimum Gasteiger partial charge on any atom is -0.0926 e. The van der Waals surface area contributed by atoms with Gasteiger partial charge in [-0.25, -0.2) is 0 Å². The first-order valence-corrected chi connectivity index (χ1v) is 2.26. The zero-order valence-corrected chi connectivity index (χ0v) is 4.09. The van der Waals surface area contributed by atoms with Crippen LogP contribution in [0.3, 0.4) is 0 Å². The summed E-state index contributed by atoms with van der Waals surface area (Å²) in [4.78, 5) is 0. The first-order chi connectivity index (χ1) is 3.39. The van der Waals surface area contributed by atoms with Gasteiger partial charge in [-0.15, -0.1) is 0 Å². The molecule has 33 valence electrons. The van der Waals surface area contributed by atoms with Gasteiger partial charge < -0.3 is 0 Å². The van der Waals surface area contributed by atoms with Crippen LogP contribution in [0.1, 0.15) is 0 Å². The average Bonchev–Trinajstić information content (AvgIpc) is 1.69. The van der Waals surface area contributed by atoms with E-state index in [2.05, 4.69) is 7.85 Å². The molecule has 0 amide bonds. The van der Waals surface area contributed by atoms with E-state index in [1.54, 1.807) is 0 Å². The monoisotopic (exact) mass is 89.1 g/mol. The predicted molar refractivity (Wildman–Crippen MR) is 33.2 cm³/mol. The molecule has 7 heavy (non-hydrogen) atoms. The molecule has 0 heterocycles. The van der Waals surface area contributed by atoms with E-state index in [0.29, 0.717) is 0 Å². The zero-order chi connectivity index (χ0) is 5.11. The Labute approximate surface area is 44.6 Å². The van der Waals surface area contributed by atoms with Gasteiger partial charge in [0.1, 0.15) is 7.85 Å². The highest BCUT2D eigenvalue weighted by Gasteiger charge is 1.72. The molecule has 0 N–H and O–H groups in total. The van der Waals surface area contributed by atoms with Crippen molar-refractivity contribution in [1.29, 1.82) is 0 Å². The molecule has 1 aromatic carbocycles. The van der Waals surface area contributed by atoms with Crippen LogP contribution < -0.4 is 5.46 Å². The molecule has 0 aliphatic heterocycles. The molecule has 0 aliphatic carbocycles. The van der Waals surface area contributed by atoms with Gasteiger partial charge in [0.25, 0.3) is 0 Å². The molecule has 1 aromatic rings. The van der Waals surface area contributed by atoms with Gasteiger partial charge in [0.05, 0.1) is 0 Å². The smallest absolute Gasteiger partial charge is 0.0926 e. The normalized spacial score (nSPS) is 8.57. The Hall–Kier alpha value is -0.715. The van der Waals surface area contributed by atoms with Crippen LogP contribution in [0.15, 0.2) is 30.3 Å². The van der Waals surface area contributed by atoms with Crippen molar-refractivity contribution in [3.63, 3.8) is 0 Å². The van der Waals surface area contributed by atoms with Crippen molar-refractivity contribution in [2.45, 2.75) is 0 Å². The SMILES string of the molecule is [BH]c1ccccc1. The second-order valence-electron chi connectivity index (χ2n) is 1.49. The third-order valence-corrected chi connectivity index (χ3v) is 0.843. The molecule has 0 saturated carbocycles. The Morgan fingerprint density at radius 1 is 1.00 bits per heavy atom. The van der Waals surface area contributed by atoms with Gasteiger partial charge in [-0.05, 0) is 0 Å². The lowest BCUT2D eigenvalue weighted by molar-refractivity contribution is 1.78. The van der Waals surface area contributed by atoms with E-state index in [1.807, 2.05) is 30.3 Å². The Kier molecular flexibility index (Phi) is 1.16. The van der Waals surface area contributed by atoms with E-state index in [4.69, 9.17) is 0 Å². The van der Waals surface area contributed by atoms with E-state index in [-0.39, 0.29) is 0 Å². The number of hydrogen-bond acceptors (Lipinski definition) is 0.